The van der Waals surface area contributed by atoms with Gasteiger partial charge in [-0.2, -0.15) is 0 Å². The third kappa shape index (κ3) is 5.67. The first-order valence-corrected chi connectivity index (χ1v) is 30.9. The Morgan fingerprint density at radius 3 is 1.27 bits per heavy atom. The number of hydrogen-bond donors (Lipinski definition) is 0. The number of ether oxygens (including phenoxy) is 2. The van der Waals surface area contributed by atoms with Gasteiger partial charge in [-0.15, -0.1) is 0 Å². The third-order valence-corrected chi connectivity index (χ3v) is 25.1. The van der Waals surface area contributed by atoms with E-state index in [1.54, 1.807) is 5.79 Å². The molecule has 0 bridgehead atoms. The molecule has 0 N–H and O–H groups in total. The second kappa shape index (κ2) is 9.22. The fourth-order valence-electron chi connectivity index (χ4n) is 2.51. The summed E-state index contributed by atoms with van der Waals surface area (Å²) >= 11 is -0.354. The fourth-order valence-corrected chi connectivity index (χ4v) is 15.1. The van der Waals surface area contributed by atoms with Crippen molar-refractivity contribution in [3.63, 3.8) is 0 Å². The van der Waals surface area contributed by atoms with E-state index in [9.17, 15) is 0 Å². The Balaban J connectivity index is 2.56. The van der Waals surface area contributed by atoms with Crippen molar-refractivity contribution in [2.75, 3.05) is 13.2 Å². The molecule has 0 atom stereocenters. The Hall–Kier alpha value is 0.337. The van der Waals surface area contributed by atoms with Crippen LogP contribution in [0.2, 0.25) is 29.6 Å². The fraction of sp³-hybridized carbons (Fsp3) is 0.500. The zero-order valence-electron chi connectivity index (χ0n) is 17.4. The van der Waals surface area contributed by atoms with Crippen molar-refractivity contribution in [2.24, 2.45) is 0 Å². The van der Waals surface area contributed by atoms with Crippen LogP contribution in [0.3, 0.4) is 0 Å². The van der Waals surface area contributed by atoms with E-state index in [0.29, 0.717) is 13.2 Å². The van der Waals surface area contributed by atoms with Gasteiger partial charge in [-0.1, -0.05) is 0 Å². The topological polar surface area (TPSA) is 18.5 Å². The molecule has 0 radical (unpaired) electrons. The maximum atomic E-state index is 6.13. The van der Waals surface area contributed by atoms with Gasteiger partial charge in [-0.3, -0.25) is 0 Å². The van der Waals surface area contributed by atoms with Gasteiger partial charge in [-0.05, 0) is 0 Å². The summed E-state index contributed by atoms with van der Waals surface area (Å²) in [7, 11) is 0. The van der Waals surface area contributed by atoms with E-state index in [1.807, 2.05) is 36.5 Å². The summed E-state index contributed by atoms with van der Waals surface area (Å²) in [4.78, 5) is 17.1. The molecular formula is C20H32O2S2Sn2. The second-order valence-electron chi connectivity index (χ2n) is 8.35. The van der Waals surface area contributed by atoms with E-state index < -0.39 is 36.8 Å². The predicted octanol–water partition coefficient (Wildman–Crippen LogP) is 5.80. The van der Waals surface area contributed by atoms with Crippen molar-refractivity contribution in [3.8, 4) is 0 Å². The number of rotatable bonds is 8. The molecule has 0 aromatic carbocycles. The van der Waals surface area contributed by atoms with Crippen LogP contribution in [-0.2, 0) is 9.47 Å². The average molecular weight is 606 g/mol. The summed E-state index contributed by atoms with van der Waals surface area (Å²) < 4.78 is 15.4. The molecule has 0 aliphatic heterocycles. The zero-order chi connectivity index (χ0) is 19.5. The predicted molar refractivity (Wildman–Crippen MR) is 125 cm³/mol. The van der Waals surface area contributed by atoms with Gasteiger partial charge in [0.25, 0.3) is 0 Å². The third-order valence-electron chi connectivity index (χ3n) is 3.92. The summed E-state index contributed by atoms with van der Waals surface area (Å²) in [5.74, 6) is 1.83. The van der Waals surface area contributed by atoms with Crippen molar-refractivity contribution < 1.29 is 9.47 Å². The van der Waals surface area contributed by atoms with E-state index in [1.165, 1.54) is 9.75 Å². The van der Waals surface area contributed by atoms with Gasteiger partial charge in [0, 0.05) is 0 Å². The Bertz CT molecular complexity index is 697. The second-order valence-corrected chi connectivity index (χ2v) is 41.3. The van der Waals surface area contributed by atoms with E-state index in [4.69, 9.17) is 9.47 Å². The summed E-state index contributed by atoms with van der Waals surface area (Å²) in [6.07, 6.45) is 0. The molecule has 0 amide bonds. The molecule has 0 unspecified atom stereocenters. The van der Waals surface area contributed by atoms with Gasteiger partial charge in [-0.25, -0.2) is 0 Å². The minimum atomic E-state index is -2.07. The van der Waals surface area contributed by atoms with Crippen LogP contribution in [0.1, 0.15) is 23.6 Å². The molecule has 2 aromatic rings. The van der Waals surface area contributed by atoms with Crippen LogP contribution in [0.5, 0.6) is 0 Å². The van der Waals surface area contributed by atoms with Crippen molar-refractivity contribution in [1.29, 1.82) is 0 Å². The monoisotopic (exact) mass is 608 g/mol. The summed E-state index contributed by atoms with van der Waals surface area (Å²) in [6.45, 7) is 5.39. The SMILES string of the molecule is CCO/C(=C(/OCC)c1cc[c]([Sn]([CH3])([CH3])[CH3])s1)c1cc[c]([Sn]([CH3])([CH3])[CH3])s1. The van der Waals surface area contributed by atoms with E-state index in [2.05, 4.69) is 53.9 Å². The van der Waals surface area contributed by atoms with Crippen LogP contribution in [0.25, 0.3) is 11.5 Å². The molecule has 0 saturated carbocycles. The number of thiophene rings is 2. The van der Waals surface area contributed by atoms with Gasteiger partial charge in [0.05, 0.1) is 0 Å². The van der Waals surface area contributed by atoms with Crippen LogP contribution in [0, 0.1) is 0 Å². The molecule has 0 fully saturated rings. The molecular weight excluding hydrogens is 574 g/mol. The molecule has 2 aromatic heterocycles. The van der Waals surface area contributed by atoms with Crippen LogP contribution >= 0.6 is 22.7 Å². The van der Waals surface area contributed by atoms with Gasteiger partial charge in [0.1, 0.15) is 0 Å². The van der Waals surface area contributed by atoms with Gasteiger partial charge in [0.2, 0.25) is 0 Å². The van der Waals surface area contributed by atoms with Crippen molar-refractivity contribution >= 4 is 76.7 Å². The molecule has 2 nitrogen and oxygen atoms in total. The van der Waals surface area contributed by atoms with Crippen LogP contribution < -0.4 is 5.79 Å². The average Bonchev–Trinajstić information content (AvgIpc) is 3.18. The van der Waals surface area contributed by atoms with Crippen LogP contribution in [-0.4, -0.2) is 50.0 Å². The van der Waals surface area contributed by atoms with E-state index in [0.717, 1.165) is 11.5 Å². The Morgan fingerprint density at radius 1 is 0.692 bits per heavy atom. The summed E-state index contributed by atoms with van der Waals surface area (Å²) in [5, 5.41) is 0. The Labute approximate surface area is 175 Å². The van der Waals surface area contributed by atoms with Gasteiger partial charge in [0.15, 0.2) is 0 Å². The molecule has 2 rings (SSSR count). The quantitative estimate of drug-likeness (QED) is 0.280. The Kier molecular flexibility index (Phi) is 8.03. The van der Waals surface area contributed by atoms with Gasteiger partial charge >= 0.3 is 177 Å². The first-order valence-electron chi connectivity index (χ1n) is 9.29. The summed E-state index contributed by atoms with van der Waals surface area (Å²) in [5.41, 5.74) is 0. The molecule has 2 heterocycles. The minimum absolute atomic E-state index is 0.647. The number of hydrogen-bond acceptors (Lipinski definition) is 4. The van der Waals surface area contributed by atoms with Crippen LogP contribution in [0.4, 0.5) is 0 Å². The van der Waals surface area contributed by atoms with Crippen molar-refractivity contribution in [1.82, 2.24) is 0 Å². The standard InChI is InChI=1S/C14H14O2S2.6CH3.2Sn/c1-3-15-13(11-7-5-9-17-11)14(16-4-2)12-8-6-10-18-12;;;;;;;;/h5-8H,3-4H2,1-2H3;6*1H3;;/b14-13+;;;;;;;;. The zero-order valence-corrected chi connectivity index (χ0v) is 24.7. The molecule has 26 heavy (non-hydrogen) atoms. The van der Waals surface area contributed by atoms with E-state index in [-0.39, 0.29) is 0 Å². The van der Waals surface area contributed by atoms with E-state index >= 15 is 0 Å². The normalized spacial score (nSPS) is 13.5. The molecule has 0 aliphatic carbocycles. The van der Waals surface area contributed by atoms with Crippen molar-refractivity contribution in [2.45, 2.75) is 43.5 Å². The molecule has 0 saturated heterocycles. The van der Waals surface area contributed by atoms with Crippen molar-refractivity contribution in [3.05, 3.63) is 34.0 Å². The summed E-state index contributed by atoms with van der Waals surface area (Å²) in [6, 6.07) is 9.07. The first kappa shape index (κ1) is 22.6. The molecule has 6 heteroatoms. The maximum absolute atomic E-state index is 6.13. The Morgan fingerprint density at radius 2 is 1.04 bits per heavy atom. The molecule has 0 aliphatic rings. The first-order chi connectivity index (χ1) is 12.1. The molecule has 144 valence electrons. The molecule has 0 spiro atoms. The van der Waals surface area contributed by atoms with Crippen LogP contribution in [0.15, 0.2) is 24.3 Å². The van der Waals surface area contributed by atoms with Gasteiger partial charge < -0.3 is 0 Å².